The van der Waals surface area contributed by atoms with Gasteiger partial charge in [0.05, 0.1) is 5.57 Å². The average Bonchev–Trinajstić information content (AvgIpc) is 1.76. The van der Waals surface area contributed by atoms with Gasteiger partial charge in [0.25, 0.3) is 5.92 Å². The fourth-order valence-electron chi connectivity index (χ4n) is 1.13. The maximum Gasteiger partial charge on any atom is 0.418 e. The fourth-order valence-corrected chi connectivity index (χ4v) is 1.13. The summed E-state index contributed by atoms with van der Waals surface area (Å²) < 4.78 is 94.8. The molecule has 0 aromatic rings. The molecule has 0 aromatic heterocycles. The lowest BCUT2D eigenvalue weighted by atomic mass is 9.83. The van der Waals surface area contributed by atoms with E-state index in [1.807, 2.05) is 0 Å². The van der Waals surface area contributed by atoms with Crippen LogP contribution in [0.1, 0.15) is 6.42 Å². The molecule has 1 aliphatic carbocycles. The second kappa shape index (κ2) is 2.60. The smallest absolute Gasteiger partial charge is 0.201 e. The second-order valence-corrected chi connectivity index (χ2v) is 2.73. The van der Waals surface area contributed by atoms with E-state index in [-0.39, 0.29) is 0 Å². The summed E-state index contributed by atoms with van der Waals surface area (Å²) in [6.07, 6.45) is -12.9. The van der Waals surface area contributed by atoms with E-state index in [9.17, 15) is 35.1 Å². The van der Waals surface area contributed by atoms with Crippen LogP contribution in [0.3, 0.4) is 0 Å². The third kappa shape index (κ3) is 1.69. The van der Waals surface area contributed by atoms with Gasteiger partial charge in [0.2, 0.25) is 0 Å². The first kappa shape index (κ1) is 11.3. The molecular weight excluding hydrogens is 224 g/mol. The Morgan fingerprint density at radius 2 is 1.29 bits per heavy atom. The van der Waals surface area contributed by atoms with Crippen molar-refractivity contribution < 1.29 is 35.1 Å². The van der Waals surface area contributed by atoms with Gasteiger partial charge in [-0.1, -0.05) is 0 Å². The largest absolute Gasteiger partial charge is 0.418 e. The van der Waals surface area contributed by atoms with Crippen LogP contribution in [0.5, 0.6) is 0 Å². The molecule has 0 fully saturated rings. The lowest BCUT2D eigenvalue weighted by Gasteiger charge is -2.34. The Labute approximate surface area is 72.2 Å². The minimum atomic E-state index is -5.63. The van der Waals surface area contributed by atoms with Crippen LogP contribution in [-0.4, -0.2) is 18.3 Å². The van der Waals surface area contributed by atoms with Gasteiger partial charge in [-0.05, 0) is 0 Å². The van der Waals surface area contributed by atoms with Gasteiger partial charge in [0.15, 0.2) is 0 Å². The molecule has 0 unspecified atom stereocenters. The third-order valence-corrected chi connectivity index (χ3v) is 1.69. The molecule has 0 saturated carbocycles. The van der Waals surface area contributed by atoms with Gasteiger partial charge in [-0.25, -0.2) is 8.78 Å². The van der Waals surface area contributed by atoms with Crippen LogP contribution in [0.2, 0.25) is 0 Å². The van der Waals surface area contributed by atoms with Gasteiger partial charge in [-0.3, -0.25) is 0 Å². The predicted molar refractivity (Wildman–Crippen MR) is 28.7 cm³/mol. The van der Waals surface area contributed by atoms with E-state index in [1.54, 1.807) is 0 Å². The zero-order valence-corrected chi connectivity index (χ0v) is 6.23. The Hall–Kier alpha value is -0.820. The van der Waals surface area contributed by atoms with Crippen LogP contribution in [-0.2, 0) is 0 Å². The molecule has 0 bridgehead atoms. The standard InChI is InChI=1S/C6H2F8/c7-4(8)1-2(5(9,10)11)3(4)6(12,13)14/h1H2. The van der Waals surface area contributed by atoms with Crippen molar-refractivity contribution in [1.29, 1.82) is 0 Å². The zero-order valence-electron chi connectivity index (χ0n) is 6.23. The summed E-state index contributed by atoms with van der Waals surface area (Å²) >= 11 is 0. The van der Waals surface area contributed by atoms with Crippen molar-refractivity contribution in [2.75, 3.05) is 0 Å². The summed E-state index contributed by atoms with van der Waals surface area (Å²) in [6, 6.07) is 0. The highest BCUT2D eigenvalue weighted by Crippen LogP contribution is 2.55. The van der Waals surface area contributed by atoms with Gasteiger partial charge in [-0.15, -0.1) is 0 Å². The first-order valence-corrected chi connectivity index (χ1v) is 3.22. The quantitative estimate of drug-likeness (QED) is 0.438. The highest BCUT2D eigenvalue weighted by atomic mass is 19.4. The molecule has 0 spiro atoms. The molecular formula is C6H2F8. The van der Waals surface area contributed by atoms with Crippen LogP contribution in [0, 0.1) is 0 Å². The topological polar surface area (TPSA) is 0 Å². The van der Waals surface area contributed by atoms with E-state index >= 15 is 0 Å². The number of hydrogen-bond donors (Lipinski definition) is 0. The Kier molecular flexibility index (Phi) is 2.09. The van der Waals surface area contributed by atoms with E-state index in [0.717, 1.165) is 0 Å². The molecule has 0 atom stereocenters. The van der Waals surface area contributed by atoms with Gasteiger partial charge in [0.1, 0.15) is 5.57 Å². The molecule has 82 valence electrons. The highest BCUT2D eigenvalue weighted by Gasteiger charge is 2.64. The predicted octanol–water partition coefficient (Wildman–Crippen LogP) is 3.45. The molecule has 0 heterocycles. The van der Waals surface area contributed by atoms with Crippen molar-refractivity contribution in [3.63, 3.8) is 0 Å². The Morgan fingerprint density at radius 3 is 1.43 bits per heavy atom. The van der Waals surface area contributed by atoms with Crippen molar-refractivity contribution in [2.45, 2.75) is 24.7 Å². The van der Waals surface area contributed by atoms with Crippen molar-refractivity contribution in [1.82, 2.24) is 0 Å². The summed E-state index contributed by atoms with van der Waals surface area (Å²) in [5.41, 5.74) is -4.95. The first-order valence-electron chi connectivity index (χ1n) is 3.22. The number of alkyl halides is 8. The number of rotatable bonds is 0. The molecule has 1 rings (SSSR count). The molecule has 0 amide bonds. The van der Waals surface area contributed by atoms with Crippen LogP contribution >= 0.6 is 0 Å². The summed E-state index contributed by atoms with van der Waals surface area (Å²) in [5, 5.41) is 0. The monoisotopic (exact) mass is 226 g/mol. The van der Waals surface area contributed by atoms with Crippen molar-refractivity contribution in [2.24, 2.45) is 0 Å². The molecule has 0 radical (unpaired) electrons. The normalized spacial score (nSPS) is 22.3. The number of halogens is 8. The van der Waals surface area contributed by atoms with E-state index in [1.165, 1.54) is 0 Å². The van der Waals surface area contributed by atoms with Crippen molar-refractivity contribution in [3.05, 3.63) is 11.1 Å². The van der Waals surface area contributed by atoms with Crippen molar-refractivity contribution in [3.8, 4) is 0 Å². The van der Waals surface area contributed by atoms with Gasteiger partial charge in [0, 0.05) is 6.42 Å². The van der Waals surface area contributed by atoms with E-state index in [0.29, 0.717) is 0 Å². The molecule has 14 heavy (non-hydrogen) atoms. The van der Waals surface area contributed by atoms with Crippen LogP contribution in [0.25, 0.3) is 0 Å². The molecule has 0 nitrogen and oxygen atoms in total. The van der Waals surface area contributed by atoms with Crippen LogP contribution in [0.4, 0.5) is 35.1 Å². The second-order valence-electron chi connectivity index (χ2n) is 2.73. The Morgan fingerprint density at radius 1 is 0.857 bits per heavy atom. The van der Waals surface area contributed by atoms with Gasteiger partial charge in [-0.2, -0.15) is 26.3 Å². The molecule has 0 N–H and O–H groups in total. The maximum atomic E-state index is 12.2. The summed E-state index contributed by atoms with van der Waals surface area (Å²) in [7, 11) is 0. The van der Waals surface area contributed by atoms with Gasteiger partial charge >= 0.3 is 12.4 Å². The maximum absolute atomic E-state index is 12.2. The molecule has 0 aromatic carbocycles. The minimum Gasteiger partial charge on any atom is -0.201 e. The Bertz CT molecular complexity index is 277. The van der Waals surface area contributed by atoms with E-state index in [4.69, 9.17) is 0 Å². The summed E-state index contributed by atoms with van der Waals surface area (Å²) in [5.74, 6) is -4.41. The fraction of sp³-hybridized carbons (Fsp3) is 0.667. The lowest BCUT2D eigenvalue weighted by molar-refractivity contribution is -0.171. The van der Waals surface area contributed by atoms with Crippen LogP contribution < -0.4 is 0 Å². The lowest BCUT2D eigenvalue weighted by Crippen LogP contribution is -2.44. The Balaban J connectivity index is 3.18. The van der Waals surface area contributed by atoms with Gasteiger partial charge < -0.3 is 0 Å². The molecule has 0 aliphatic heterocycles. The zero-order chi connectivity index (χ0) is 11.4. The first-order chi connectivity index (χ1) is 5.96. The molecule has 1 aliphatic rings. The number of allylic oxidation sites excluding steroid dienone is 2. The SMILES string of the molecule is FC(F)(F)C1=C(C(F)(F)F)C(F)(F)C1. The summed E-state index contributed by atoms with van der Waals surface area (Å²) in [4.78, 5) is 0. The highest BCUT2D eigenvalue weighted by molar-refractivity contribution is 5.40. The van der Waals surface area contributed by atoms with E-state index < -0.39 is 35.8 Å². The minimum absolute atomic E-state index is 1.90. The van der Waals surface area contributed by atoms with Crippen LogP contribution in [0.15, 0.2) is 11.1 Å². The average molecular weight is 226 g/mol. The number of hydrogen-bond acceptors (Lipinski definition) is 0. The third-order valence-electron chi connectivity index (χ3n) is 1.69. The van der Waals surface area contributed by atoms with Crippen molar-refractivity contribution >= 4 is 0 Å². The summed E-state index contributed by atoms with van der Waals surface area (Å²) in [6.45, 7) is 0. The molecule has 0 saturated heterocycles. The molecule has 8 heteroatoms. The van der Waals surface area contributed by atoms with E-state index in [2.05, 4.69) is 0 Å².